The van der Waals surface area contributed by atoms with Gasteiger partial charge < -0.3 is 30.8 Å². The Morgan fingerprint density at radius 1 is 0.840 bits per heavy atom. The molecule has 0 radical (unpaired) electrons. The fourth-order valence-corrected chi connectivity index (χ4v) is 2.70. The largest absolute Gasteiger partial charge is 0.411 e. The van der Waals surface area contributed by atoms with Crippen LogP contribution in [0.4, 0.5) is 0 Å². The molecule has 1 aliphatic rings. The smallest absolute Gasteiger partial charge is 0.265 e. The van der Waals surface area contributed by atoms with Gasteiger partial charge in [-0.25, -0.2) is 0 Å². The third kappa shape index (κ3) is 10.3. The lowest BCUT2D eigenvalue weighted by atomic mass is 10.3. The zero-order valence-electron chi connectivity index (χ0n) is 14.4. The average molecular weight is 356 g/mol. The number of nitrogens with zero attached hydrogens (tertiary/aromatic N) is 4. The minimum absolute atomic E-state index is 0.387. The Morgan fingerprint density at radius 2 is 1.28 bits per heavy atom. The van der Waals surface area contributed by atoms with Gasteiger partial charge >= 0.3 is 0 Å². The molecule has 4 N–H and O–H groups in total. The summed E-state index contributed by atoms with van der Waals surface area (Å²) in [6, 6.07) is 0. The van der Waals surface area contributed by atoms with Crippen LogP contribution in [0.5, 0.6) is 0 Å². The first-order valence-electron chi connectivity index (χ1n) is 8.51. The first kappa shape index (κ1) is 20.8. The van der Waals surface area contributed by atoms with Crippen LogP contribution in [0.15, 0.2) is 10.3 Å². The molecule has 1 aliphatic heterocycles. The van der Waals surface area contributed by atoms with E-state index in [9.17, 15) is 9.59 Å². The van der Waals surface area contributed by atoms with Crippen molar-refractivity contribution in [1.29, 1.82) is 0 Å². The maximum atomic E-state index is 11.1. The van der Waals surface area contributed by atoms with E-state index >= 15 is 0 Å². The zero-order valence-corrected chi connectivity index (χ0v) is 14.4. The fourth-order valence-electron chi connectivity index (χ4n) is 2.70. The summed E-state index contributed by atoms with van der Waals surface area (Å²) in [4.78, 5) is 27.0. The number of oxime groups is 2. The van der Waals surface area contributed by atoms with Crippen molar-refractivity contribution in [3.8, 4) is 0 Å². The van der Waals surface area contributed by atoms with Gasteiger partial charge in [-0.05, 0) is 45.4 Å². The minimum Gasteiger partial charge on any atom is -0.411 e. The highest BCUT2D eigenvalue weighted by Gasteiger charge is 2.14. The van der Waals surface area contributed by atoms with Gasteiger partial charge in [0.15, 0.2) is 0 Å². The standard InChI is InChI=1S/C15H28N6O4/c22-14(12-18-24)16-4-1-6-20-8-3-9-21(11-10-20)7-2-5-17-15(23)13-19-25/h12-13,24-25H,1-11H2,(H,16,22)(H,17,23)/b18-12+,19-13+. The van der Waals surface area contributed by atoms with Crippen molar-refractivity contribution in [3.05, 3.63) is 0 Å². The Morgan fingerprint density at radius 3 is 1.68 bits per heavy atom. The van der Waals surface area contributed by atoms with E-state index < -0.39 is 0 Å². The van der Waals surface area contributed by atoms with Gasteiger partial charge in [0.1, 0.15) is 12.4 Å². The monoisotopic (exact) mass is 356 g/mol. The second-order valence-corrected chi connectivity index (χ2v) is 5.82. The van der Waals surface area contributed by atoms with Crippen LogP contribution in [0, 0.1) is 0 Å². The Hall–Kier alpha value is -2.20. The van der Waals surface area contributed by atoms with Crippen LogP contribution in [-0.2, 0) is 9.59 Å². The van der Waals surface area contributed by atoms with Crippen molar-refractivity contribution >= 4 is 24.2 Å². The summed E-state index contributed by atoms with van der Waals surface area (Å²) in [5.74, 6) is -0.774. The molecule has 10 heteroatoms. The van der Waals surface area contributed by atoms with E-state index in [0.717, 1.165) is 71.0 Å². The molecule has 0 unspecified atom stereocenters. The Balaban J connectivity index is 2.10. The van der Waals surface area contributed by atoms with E-state index in [1.165, 1.54) is 0 Å². The normalized spacial score (nSPS) is 17.0. The summed E-state index contributed by atoms with van der Waals surface area (Å²) in [6.45, 7) is 6.98. The number of carbonyl (C=O) groups excluding carboxylic acids is 2. The molecule has 1 heterocycles. The van der Waals surface area contributed by atoms with Crippen molar-refractivity contribution < 1.29 is 20.0 Å². The van der Waals surface area contributed by atoms with Gasteiger partial charge in [-0.2, -0.15) is 0 Å². The quantitative estimate of drug-likeness (QED) is 0.171. The highest BCUT2D eigenvalue weighted by Crippen LogP contribution is 2.04. The lowest BCUT2D eigenvalue weighted by molar-refractivity contribution is -0.115. The van der Waals surface area contributed by atoms with Crippen LogP contribution >= 0.6 is 0 Å². The third-order valence-electron chi connectivity index (χ3n) is 3.93. The van der Waals surface area contributed by atoms with E-state index in [0.29, 0.717) is 13.1 Å². The molecule has 0 atom stereocenters. The van der Waals surface area contributed by atoms with Crippen molar-refractivity contribution in [2.24, 2.45) is 10.3 Å². The van der Waals surface area contributed by atoms with E-state index in [1.54, 1.807) is 0 Å². The van der Waals surface area contributed by atoms with Crippen molar-refractivity contribution in [2.75, 3.05) is 52.4 Å². The Bertz CT molecular complexity index is 417. The number of hydrogen-bond donors (Lipinski definition) is 4. The molecule has 1 saturated heterocycles. The van der Waals surface area contributed by atoms with Crippen LogP contribution in [0.3, 0.4) is 0 Å². The SMILES string of the molecule is O=C(/C=N/O)NCCCN1CCCN(CCCNC(=O)/C=N/O)CC1. The first-order valence-corrected chi connectivity index (χ1v) is 8.51. The summed E-state index contributed by atoms with van der Waals surface area (Å²) in [5, 5.41) is 27.2. The molecule has 0 saturated carbocycles. The predicted molar refractivity (Wildman–Crippen MR) is 93.3 cm³/mol. The summed E-state index contributed by atoms with van der Waals surface area (Å²) in [7, 11) is 0. The van der Waals surface area contributed by atoms with Crippen molar-refractivity contribution in [2.45, 2.75) is 19.3 Å². The first-order chi connectivity index (χ1) is 12.2. The topological polar surface area (TPSA) is 130 Å². The summed E-state index contributed by atoms with van der Waals surface area (Å²) in [6.07, 6.45) is 4.49. The summed E-state index contributed by atoms with van der Waals surface area (Å²) >= 11 is 0. The van der Waals surface area contributed by atoms with Crippen LogP contribution in [-0.4, -0.2) is 96.8 Å². The molecule has 10 nitrogen and oxygen atoms in total. The molecular weight excluding hydrogens is 328 g/mol. The van der Waals surface area contributed by atoms with E-state index in [-0.39, 0.29) is 11.8 Å². The minimum atomic E-state index is -0.387. The van der Waals surface area contributed by atoms with Crippen LogP contribution in [0.2, 0.25) is 0 Å². The molecule has 0 spiro atoms. The van der Waals surface area contributed by atoms with Gasteiger partial charge in [0.25, 0.3) is 11.8 Å². The second kappa shape index (κ2) is 13.1. The fraction of sp³-hybridized carbons (Fsp3) is 0.733. The molecule has 0 bridgehead atoms. The van der Waals surface area contributed by atoms with Gasteiger partial charge in [0, 0.05) is 26.2 Å². The predicted octanol–water partition coefficient (Wildman–Crippen LogP) is -1.07. The highest BCUT2D eigenvalue weighted by atomic mass is 16.4. The van der Waals surface area contributed by atoms with Gasteiger partial charge in [-0.15, -0.1) is 0 Å². The third-order valence-corrected chi connectivity index (χ3v) is 3.93. The molecule has 1 rings (SSSR count). The number of amides is 2. The molecule has 0 aromatic heterocycles. The van der Waals surface area contributed by atoms with Gasteiger partial charge in [-0.1, -0.05) is 10.3 Å². The van der Waals surface area contributed by atoms with Crippen molar-refractivity contribution in [3.63, 3.8) is 0 Å². The number of nitrogens with one attached hydrogen (secondary N) is 2. The molecule has 0 aromatic carbocycles. The number of hydrogen-bond acceptors (Lipinski definition) is 8. The highest BCUT2D eigenvalue weighted by molar-refractivity contribution is 6.26. The van der Waals surface area contributed by atoms with E-state index in [1.807, 2.05) is 0 Å². The second-order valence-electron chi connectivity index (χ2n) is 5.82. The van der Waals surface area contributed by atoms with E-state index in [4.69, 9.17) is 10.4 Å². The molecule has 25 heavy (non-hydrogen) atoms. The summed E-state index contributed by atoms with van der Waals surface area (Å²) in [5.41, 5.74) is 0. The molecule has 0 aliphatic carbocycles. The van der Waals surface area contributed by atoms with Crippen LogP contribution < -0.4 is 10.6 Å². The number of rotatable bonds is 10. The van der Waals surface area contributed by atoms with Gasteiger partial charge in [0.2, 0.25) is 0 Å². The average Bonchev–Trinajstić information content (AvgIpc) is 2.81. The zero-order chi connectivity index (χ0) is 18.3. The molecular formula is C15H28N6O4. The van der Waals surface area contributed by atoms with Gasteiger partial charge in [0.05, 0.1) is 0 Å². The van der Waals surface area contributed by atoms with Gasteiger partial charge in [-0.3, -0.25) is 9.59 Å². The number of carbonyl (C=O) groups is 2. The maximum Gasteiger partial charge on any atom is 0.265 e. The van der Waals surface area contributed by atoms with E-state index in [2.05, 4.69) is 30.7 Å². The molecule has 1 fully saturated rings. The molecule has 2 amide bonds. The maximum absolute atomic E-state index is 11.1. The summed E-state index contributed by atoms with van der Waals surface area (Å²) < 4.78 is 0. The molecule has 0 aromatic rings. The Kier molecular flexibility index (Phi) is 10.9. The molecule has 142 valence electrons. The van der Waals surface area contributed by atoms with Crippen molar-refractivity contribution in [1.82, 2.24) is 20.4 Å². The lowest BCUT2D eigenvalue weighted by Crippen LogP contribution is -2.34. The van der Waals surface area contributed by atoms with Crippen LogP contribution in [0.25, 0.3) is 0 Å². The lowest BCUT2D eigenvalue weighted by Gasteiger charge is -2.21. The van der Waals surface area contributed by atoms with Crippen LogP contribution in [0.1, 0.15) is 19.3 Å². The Labute approximate surface area is 147 Å².